The molecule has 3 N–H and O–H groups in total. The van der Waals surface area contributed by atoms with E-state index in [1.165, 1.54) is 5.56 Å². The van der Waals surface area contributed by atoms with E-state index in [1.54, 1.807) is 6.20 Å². The number of nitrogens with one attached hydrogen (secondary N) is 3. The number of amides is 1. The topological polar surface area (TPSA) is 92.6 Å². The summed E-state index contributed by atoms with van der Waals surface area (Å²) in [5.41, 5.74) is 2.25. The fourth-order valence-corrected chi connectivity index (χ4v) is 2.78. The second-order valence-corrected chi connectivity index (χ2v) is 7.09. The summed E-state index contributed by atoms with van der Waals surface area (Å²) in [6, 6.07) is 10.2. The molecule has 0 radical (unpaired) electrons. The summed E-state index contributed by atoms with van der Waals surface area (Å²) in [7, 11) is 1.91. The van der Waals surface area contributed by atoms with E-state index in [4.69, 9.17) is 4.74 Å². The van der Waals surface area contributed by atoms with Gasteiger partial charge in [0, 0.05) is 32.4 Å². The zero-order chi connectivity index (χ0) is 20.5. The maximum Gasteiger partial charge on any atom is 0.258 e. The summed E-state index contributed by atoms with van der Waals surface area (Å²) in [4.78, 5) is 16.3. The molecule has 1 amide bonds. The SMILES string of the molecule is CCNC(=NCc1ccnn1C)NCCc1ccc(OCC(=O)NC2CC2)cc1.I. The molecular weight excluding hydrogens is 495 g/mol. The first kappa shape index (κ1) is 24.0. The maximum atomic E-state index is 11.7. The summed E-state index contributed by atoms with van der Waals surface area (Å²) in [5.74, 6) is 1.44. The lowest BCUT2D eigenvalue weighted by atomic mass is 10.1. The molecule has 8 nitrogen and oxygen atoms in total. The van der Waals surface area contributed by atoms with Gasteiger partial charge in [-0.15, -0.1) is 24.0 Å². The molecule has 0 spiro atoms. The number of nitrogens with zero attached hydrogens (tertiary/aromatic N) is 3. The second kappa shape index (κ2) is 12.4. The van der Waals surface area contributed by atoms with Gasteiger partial charge in [0.2, 0.25) is 0 Å². The molecule has 1 saturated carbocycles. The fraction of sp³-hybridized carbons (Fsp3) is 0.476. The Bertz CT molecular complexity index is 817. The van der Waals surface area contributed by atoms with Crippen LogP contribution < -0.4 is 20.7 Å². The van der Waals surface area contributed by atoms with Crippen molar-refractivity contribution in [2.24, 2.45) is 12.0 Å². The van der Waals surface area contributed by atoms with Crippen LogP contribution in [0.3, 0.4) is 0 Å². The zero-order valence-electron chi connectivity index (χ0n) is 17.6. The number of guanidine groups is 1. The van der Waals surface area contributed by atoms with Crippen LogP contribution in [0.2, 0.25) is 0 Å². The summed E-state index contributed by atoms with van der Waals surface area (Å²) >= 11 is 0. The molecule has 0 unspecified atom stereocenters. The van der Waals surface area contributed by atoms with E-state index in [0.29, 0.717) is 18.3 Å². The lowest BCUT2D eigenvalue weighted by Crippen LogP contribution is -2.38. The van der Waals surface area contributed by atoms with Gasteiger partial charge >= 0.3 is 0 Å². The Morgan fingerprint density at radius 1 is 1.23 bits per heavy atom. The highest BCUT2D eigenvalue weighted by Gasteiger charge is 2.23. The minimum absolute atomic E-state index is 0. The summed E-state index contributed by atoms with van der Waals surface area (Å²) < 4.78 is 7.36. The molecule has 1 aromatic carbocycles. The first-order valence-corrected chi connectivity index (χ1v) is 10.1. The molecule has 30 heavy (non-hydrogen) atoms. The van der Waals surface area contributed by atoms with Gasteiger partial charge in [-0.2, -0.15) is 5.10 Å². The van der Waals surface area contributed by atoms with E-state index < -0.39 is 0 Å². The average molecular weight is 526 g/mol. The van der Waals surface area contributed by atoms with E-state index in [0.717, 1.165) is 44.0 Å². The number of aromatic nitrogens is 2. The van der Waals surface area contributed by atoms with Crippen LogP contribution in [0.5, 0.6) is 5.75 Å². The van der Waals surface area contributed by atoms with Crippen LogP contribution in [0.1, 0.15) is 31.0 Å². The van der Waals surface area contributed by atoms with Gasteiger partial charge in [0.1, 0.15) is 5.75 Å². The predicted octanol–water partition coefficient (Wildman–Crippen LogP) is 1.99. The number of carbonyl (C=O) groups excluding carboxylic acids is 1. The Kier molecular flexibility index (Phi) is 9.92. The van der Waals surface area contributed by atoms with Crippen LogP contribution in [0, 0.1) is 0 Å². The van der Waals surface area contributed by atoms with E-state index in [2.05, 4.69) is 26.0 Å². The smallest absolute Gasteiger partial charge is 0.258 e. The van der Waals surface area contributed by atoms with Gasteiger partial charge in [-0.1, -0.05) is 12.1 Å². The van der Waals surface area contributed by atoms with E-state index >= 15 is 0 Å². The van der Waals surface area contributed by atoms with Gasteiger partial charge in [0.25, 0.3) is 5.91 Å². The van der Waals surface area contributed by atoms with Crippen LogP contribution in [0.25, 0.3) is 0 Å². The molecule has 1 aromatic heterocycles. The van der Waals surface area contributed by atoms with Crippen molar-refractivity contribution in [2.45, 2.75) is 38.8 Å². The van der Waals surface area contributed by atoms with E-state index in [9.17, 15) is 4.79 Å². The molecule has 1 heterocycles. The molecule has 164 valence electrons. The normalized spacial score (nSPS) is 13.3. The third-order valence-electron chi connectivity index (χ3n) is 4.61. The lowest BCUT2D eigenvalue weighted by Gasteiger charge is -2.12. The number of hydrogen-bond acceptors (Lipinski definition) is 4. The number of rotatable bonds is 10. The Balaban J connectivity index is 0.00000320. The molecule has 1 aliphatic carbocycles. The number of carbonyl (C=O) groups is 1. The van der Waals surface area contributed by atoms with Crippen molar-refractivity contribution in [3.05, 3.63) is 47.8 Å². The monoisotopic (exact) mass is 526 g/mol. The van der Waals surface area contributed by atoms with Crippen molar-refractivity contribution >= 4 is 35.8 Å². The first-order chi connectivity index (χ1) is 14.1. The van der Waals surface area contributed by atoms with Crippen molar-refractivity contribution in [3.8, 4) is 5.75 Å². The van der Waals surface area contributed by atoms with Crippen LogP contribution >= 0.6 is 24.0 Å². The van der Waals surface area contributed by atoms with E-state index in [1.807, 2.05) is 49.0 Å². The van der Waals surface area contributed by atoms with Gasteiger partial charge in [-0.3, -0.25) is 9.48 Å². The van der Waals surface area contributed by atoms with Gasteiger partial charge in [0.05, 0.1) is 12.2 Å². The quantitative estimate of drug-likeness (QED) is 0.250. The van der Waals surface area contributed by atoms with Crippen molar-refractivity contribution < 1.29 is 9.53 Å². The van der Waals surface area contributed by atoms with E-state index in [-0.39, 0.29) is 36.5 Å². The standard InChI is InChI=1S/C21H30N6O2.HI/c1-3-22-21(24-14-18-11-13-25-27(18)2)23-12-10-16-4-8-19(9-5-16)29-15-20(28)26-17-6-7-17;/h4-5,8-9,11,13,17H,3,6-7,10,12,14-15H2,1-2H3,(H,26,28)(H2,22,23,24);1H. The van der Waals surface area contributed by atoms with Crippen molar-refractivity contribution in [1.82, 2.24) is 25.7 Å². The first-order valence-electron chi connectivity index (χ1n) is 10.1. The molecule has 9 heteroatoms. The molecule has 1 fully saturated rings. The fourth-order valence-electron chi connectivity index (χ4n) is 2.78. The number of halogens is 1. The number of benzene rings is 1. The Morgan fingerprint density at radius 3 is 2.63 bits per heavy atom. The Morgan fingerprint density at radius 2 is 2.00 bits per heavy atom. The van der Waals surface area contributed by atoms with Gasteiger partial charge < -0.3 is 20.7 Å². The van der Waals surface area contributed by atoms with Crippen molar-refractivity contribution in [2.75, 3.05) is 19.7 Å². The number of aryl methyl sites for hydroxylation is 1. The Labute approximate surface area is 194 Å². The predicted molar refractivity (Wildman–Crippen MR) is 128 cm³/mol. The second-order valence-electron chi connectivity index (χ2n) is 7.09. The van der Waals surface area contributed by atoms with Gasteiger partial charge in [0.15, 0.2) is 12.6 Å². The van der Waals surface area contributed by atoms with Crippen LogP contribution in [-0.2, 0) is 24.8 Å². The van der Waals surface area contributed by atoms with Crippen molar-refractivity contribution in [3.63, 3.8) is 0 Å². The number of aliphatic imine (C=N–C) groups is 1. The molecule has 0 saturated heterocycles. The van der Waals surface area contributed by atoms with Gasteiger partial charge in [-0.25, -0.2) is 4.99 Å². The van der Waals surface area contributed by atoms with Crippen LogP contribution in [0.4, 0.5) is 0 Å². The third kappa shape index (κ3) is 8.21. The largest absolute Gasteiger partial charge is 0.484 e. The minimum Gasteiger partial charge on any atom is -0.484 e. The maximum absolute atomic E-state index is 11.7. The average Bonchev–Trinajstić information content (AvgIpc) is 3.44. The highest BCUT2D eigenvalue weighted by Crippen LogP contribution is 2.18. The lowest BCUT2D eigenvalue weighted by molar-refractivity contribution is -0.123. The summed E-state index contributed by atoms with van der Waals surface area (Å²) in [6.45, 7) is 4.26. The molecular formula is C21H31IN6O2. The molecule has 0 aliphatic heterocycles. The zero-order valence-corrected chi connectivity index (χ0v) is 19.9. The van der Waals surface area contributed by atoms with Crippen molar-refractivity contribution in [1.29, 1.82) is 0 Å². The molecule has 0 bridgehead atoms. The number of ether oxygens (including phenoxy) is 1. The molecule has 2 aromatic rings. The molecule has 3 rings (SSSR count). The highest BCUT2D eigenvalue weighted by atomic mass is 127. The van der Waals surface area contributed by atoms with Crippen LogP contribution in [0.15, 0.2) is 41.5 Å². The van der Waals surface area contributed by atoms with Crippen LogP contribution in [-0.4, -0.2) is 47.4 Å². The molecule has 0 atom stereocenters. The summed E-state index contributed by atoms with van der Waals surface area (Å²) in [5, 5.41) is 13.7. The summed E-state index contributed by atoms with van der Waals surface area (Å²) in [6.07, 6.45) is 4.80. The Hall–Kier alpha value is -2.30. The highest BCUT2D eigenvalue weighted by molar-refractivity contribution is 14.0. The number of hydrogen-bond donors (Lipinski definition) is 3. The molecule has 1 aliphatic rings. The third-order valence-corrected chi connectivity index (χ3v) is 4.61. The minimum atomic E-state index is -0.0536. The van der Waals surface area contributed by atoms with Gasteiger partial charge in [-0.05, 0) is 49.9 Å².